The monoisotopic (exact) mass is 478 g/mol. The zero-order valence-corrected chi connectivity index (χ0v) is 19.8. The van der Waals surface area contributed by atoms with Crippen molar-refractivity contribution in [3.05, 3.63) is 0 Å². The molecule has 0 aromatic carbocycles. The second-order valence-corrected chi connectivity index (χ2v) is 9.51. The molecule has 9 nitrogen and oxygen atoms in total. The van der Waals surface area contributed by atoms with Gasteiger partial charge < -0.3 is 20.9 Å². The predicted octanol–water partition coefficient (Wildman–Crippen LogP) is 0.917. The number of Topliss-reactive ketones (excluding diaryl/α,β-unsaturated/α-hetero) is 1. The summed E-state index contributed by atoms with van der Waals surface area (Å²) in [5, 5.41) is 6.88. The highest BCUT2D eigenvalue weighted by atomic mass is 19.4. The fourth-order valence-corrected chi connectivity index (χ4v) is 3.68. The van der Waals surface area contributed by atoms with Crippen molar-refractivity contribution in [3.8, 4) is 0 Å². The molecule has 0 spiro atoms. The van der Waals surface area contributed by atoms with E-state index in [4.69, 9.17) is 0 Å². The molecule has 3 unspecified atom stereocenters. The molecular weight excluding hydrogens is 445 g/mol. The average molecular weight is 479 g/mol. The summed E-state index contributed by atoms with van der Waals surface area (Å²) in [6.45, 7) is 8.49. The Kier molecular flexibility index (Phi) is 9.43. The van der Waals surface area contributed by atoms with Crippen LogP contribution < -0.4 is 16.0 Å². The molecule has 0 aromatic rings. The molecule has 1 fully saturated rings. The van der Waals surface area contributed by atoms with Crippen molar-refractivity contribution in [1.29, 1.82) is 0 Å². The van der Waals surface area contributed by atoms with Crippen molar-refractivity contribution >= 4 is 29.4 Å². The van der Waals surface area contributed by atoms with Gasteiger partial charge in [-0.15, -0.1) is 0 Å². The average Bonchev–Trinajstić information content (AvgIpc) is 3.07. The van der Waals surface area contributed by atoms with Crippen LogP contribution in [0.25, 0.3) is 0 Å². The number of carbonyl (C=O) groups is 5. The maximum atomic E-state index is 13.3. The van der Waals surface area contributed by atoms with Gasteiger partial charge in [0.25, 0.3) is 5.91 Å². The fraction of sp³-hybridized carbons (Fsp3) is 0.762. The van der Waals surface area contributed by atoms with Crippen LogP contribution in [0.5, 0.6) is 0 Å². The van der Waals surface area contributed by atoms with Gasteiger partial charge in [0.15, 0.2) is 0 Å². The van der Waals surface area contributed by atoms with E-state index in [2.05, 4.69) is 10.6 Å². The van der Waals surface area contributed by atoms with Gasteiger partial charge in [0, 0.05) is 26.9 Å². The van der Waals surface area contributed by atoms with E-state index in [1.54, 1.807) is 27.7 Å². The molecule has 4 atom stereocenters. The fourth-order valence-electron chi connectivity index (χ4n) is 3.68. The zero-order valence-electron chi connectivity index (χ0n) is 19.8. The molecule has 0 bridgehead atoms. The number of rotatable bonds is 8. The number of alkyl halides is 3. The molecule has 1 aliphatic heterocycles. The summed E-state index contributed by atoms with van der Waals surface area (Å²) in [5.41, 5.74) is -0.681. The standard InChI is InChI=1S/C21H33F3N4O5/c1-11-9-14(28(10-11)19(33)16(20(3,4)5)26-12(2)29)17(31)27-13(7-8-21(22,23)24)15(30)18(32)25-6/h11,13-14,16H,7-10H2,1-6H3,(H,25,32)(H,26,29)(H,27,31)/t11-,13?,14?,16?/m1/s1. The first-order chi connectivity index (χ1) is 15.0. The third-order valence-corrected chi connectivity index (χ3v) is 5.36. The van der Waals surface area contributed by atoms with E-state index in [-0.39, 0.29) is 18.9 Å². The number of hydrogen-bond donors (Lipinski definition) is 3. The molecule has 0 saturated carbocycles. The van der Waals surface area contributed by atoms with Gasteiger partial charge in [-0.25, -0.2) is 0 Å². The molecule has 12 heteroatoms. The highest BCUT2D eigenvalue weighted by Crippen LogP contribution is 2.29. The summed E-state index contributed by atoms with van der Waals surface area (Å²) in [6, 6.07) is -3.69. The molecule has 33 heavy (non-hydrogen) atoms. The van der Waals surface area contributed by atoms with E-state index in [0.717, 1.165) is 7.05 Å². The van der Waals surface area contributed by atoms with Gasteiger partial charge in [0.1, 0.15) is 12.1 Å². The predicted molar refractivity (Wildman–Crippen MR) is 113 cm³/mol. The third-order valence-electron chi connectivity index (χ3n) is 5.36. The number of ketones is 1. The molecule has 188 valence electrons. The van der Waals surface area contributed by atoms with Gasteiger partial charge >= 0.3 is 6.18 Å². The number of nitrogens with one attached hydrogen (secondary N) is 3. The summed E-state index contributed by atoms with van der Waals surface area (Å²) in [7, 11) is 1.15. The molecule has 1 aliphatic rings. The van der Waals surface area contributed by atoms with Gasteiger partial charge in [0.05, 0.1) is 6.04 Å². The Labute approximate surface area is 191 Å². The van der Waals surface area contributed by atoms with Crippen molar-refractivity contribution in [2.24, 2.45) is 11.3 Å². The lowest BCUT2D eigenvalue weighted by molar-refractivity contribution is -0.147. The van der Waals surface area contributed by atoms with E-state index in [0.29, 0.717) is 0 Å². The van der Waals surface area contributed by atoms with Gasteiger partial charge in [0.2, 0.25) is 23.5 Å². The van der Waals surface area contributed by atoms with E-state index in [1.165, 1.54) is 11.8 Å². The first-order valence-electron chi connectivity index (χ1n) is 10.7. The van der Waals surface area contributed by atoms with Crippen molar-refractivity contribution in [2.45, 2.75) is 78.2 Å². The summed E-state index contributed by atoms with van der Waals surface area (Å²) in [5.74, 6) is -4.21. The molecule has 4 amide bonds. The van der Waals surface area contributed by atoms with Crippen LogP contribution in [0.3, 0.4) is 0 Å². The minimum atomic E-state index is -4.59. The summed E-state index contributed by atoms with van der Waals surface area (Å²) < 4.78 is 38.1. The van der Waals surface area contributed by atoms with Gasteiger partial charge in [-0.05, 0) is 24.2 Å². The third kappa shape index (κ3) is 8.32. The minimum Gasteiger partial charge on any atom is -0.353 e. The number of halogens is 3. The Morgan fingerprint density at radius 2 is 1.64 bits per heavy atom. The Morgan fingerprint density at radius 3 is 2.09 bits per heavy atom. The van der Waals surface area contributed by atoms with Crippen molar-refractivity contribution < 1.29 is 37.1 Å². The maximum Gasteiger partial charge on any atom is 0.389 e. The molecule has 0 aliphatic carbocycles. The van der Waals surface area contributed by atoms with Crippen LogP contribution >= 0.6 is 0 Å². The number of likely N-dealkylation sites (tertiary alicyclic amines) is 1. The number of likely N-dealkylation sites (N-methyl/N-ethyl adjacent to an activating group) is 1. The quantitative estimate of drug-likeness (QED) is 0.448. The van der Waals surface area contributed by atoms with E-state index < -0.39 is 72.0 Å². The molecular formula is C21H33F3N4O5. The van der Waals surface area contributed by atoms with E-state index in [1.807, 2.05) is 5.32 Å². The van der Waals surface area contributed by atoms with Crippen LogP contribution in [0.2, 0.25) is 0 Å². The molecule has 0 radical (unpaired) electrons. The number of nitrogens with zero attached hydrogens (tertiary/aromatic N) is 1. The lowest BCUT2D eigenvalue weighted by Crippen LogP contribution is -2.58. The Hall–Kier alpha value is -2.66. The number of hydrogen-bond acceptors (Lipinski definition) is 5. The minimum absolute atomic E-state index is 0.106. The van der Waals surface area contributed by atoms with Crippen LogP contribution in [0, 0.1) is 11.3 Å². The first kappa shape index (κ1) is 28.4. The Morgan fingerprint density at radius 1 is 1.06 bits per heavy atom. The van der Waals surface area contributed by atoms with Crippen LogP contribution in [-0.4, -0.2) is 72.2 Å². The van der Waals surface area contributed by atoms with Crippen LogP contribution in [0.1, 0.15) is 53.9 Å². The van der Waals surface area contributed by atoms with Crippen molar-refractivity contribution in [3.63, 3.8) is 0 Å². The van der Waals surface area contributed by atoms with E-state index in [9.17, 15) is 37.1 Å². The van der Waals surface area contributed by atoms with Crippen LogP contribution in [0.15, 0.2) is 0 Å². The second kappa shape index (κ2) is 11.0. The van der Waals surface area contributed by atoms with Gasteiger partial charge in [-0.2, -0.15) is 13.2 Å². The van der Waals surface area contributed by atoms with Crippen molar-refractivity contribution in [2.75, 3.05) is 13.6 Å². The summed E-state index contributed by atoms with van der Waals surface area (Å²) in [6.07, 6.45) is -6.56. The van der Waals surface area contributed by atoms with Crippen LogP contribution in [-0.2, 0) is 24.0 Å². The van der Waals surface area contributed by atoms with Crippen LogP contribution in [0.4, 0.5) is 13.2 Å². The van der Waals surface area contributed by atoms with Gasteiger partial charge in [-0.3, -0.25) is 24.0 Å². The summed E-state index contributed by atoms with van der Waals surface area (Å²) in [4.78, 5) is 63.1. The molecule has 0 aromatic heterocycles. The smallest absolute Gasteiger partial charge is 0.353 e. The maximum absolute atomic E-state index is 13.3. The summed E-state index contributed by atoms with van der Waals surface area (Å²) >= 11 is 0. The second-order valence-electron chi connectivity index (χ2n) is 9.51. The lowest BCUT2D eigenvalue weighted by atomic mass is 9.85. The zero-order chi connectivity index (χ0) is 25.7. The first-order valence-corrected chi connectivity index (χ1v) is 10.7. The van der Waals surface area contributed by atoms with E-state index >= 15 is 0 Å². The number of carbonyl (C=O) groups excluding carboxylic acids is 5. The highest BCUT2D eigenvalue weighted by molar-refractivity contribution is 6.38. The van der Waals surface area contributed by atoms with Crippen molar-refractivity contribution in [1.82, 2.24) is 20.9 Å². The topological polar surface area (TPSA) is 125 Å². The number of amides is 4. The lowest BCUT2D eigenvalue weighted by Gasteiger charge is -2.35. The van der Waals surface area contributed by atoms with Gasteiger partial charge in [-0.1, -0.05) is 27.7 Å². The molecule has 1 saturated heterocycles. The molecule has 1 heterocycles. The largest absolute Gasteiger partial charge is 0.389 e. The highest BCUT2D eigenvalue weighted by Gasteiger charge is 2.44. The molecule has 3 N–H and O–H groups in total. The SMILES string of the molecule is CNC(=O)C(=O)C(CCC(F)(F)F)NC(=O)C1C[C@@H](C)CN1C(=O)C(NC(C)=O)C(C)(C)C. The Bertz CT molecular complexity index is 779. The molecule has 1 rings (SSSR count). The Balaban J connectivity index is 3.14. The normalized spacial score (nSPS) is 20.6.